The average molecular weight is 142 g/mol. The highest BCUT2D eigenvalue weighted by Crippen LogP contribution is 1.97. The van der Waals surface area contributed by atoms with Gasteiger partial charge in [-0.3, -0.25) is 9.80 Å². The van der Waals surface area contributed by atoms with E-state index in [4.69, 9.17) is 5.73 Å². The first-order valence-electron chi connectivity index (χ1n) is 3.81. The van der Waals surface area contributed by atoms with Crippen LogP contribution in [0.2, 0.25) is 0 Å². The lowest BCUT2D eigenvalue weighted by atomic mass is 10.3. The van der Waals surface area contributed by atoms with Crippen LogP contribution >= 0.6 is 0 Å². The maximum absolute atomic E-state index is 5.42. The van der Waals surface area contributed by atoms with Crippen molar-refractivity contribution in [2.75, 3.05) is 39.3 Å². The Morgan fingerprint density at radius 2 is 1.80 bits per heavy atom. The van der Waals surface area contributed by atoms with Crippen LogP contribution in [0.15, 0.2) is 0 Å². The van der Waals surface area contributed by atoms with E-state index in [0.717, 1.165) is 39.3 Å². The first-order valence-corrected chi connectivity index (χ1v) is 3.81. The Morgan fingerprint density at radius 3 is 2.30 bits per heavy atom. The topological polar surface area (TPSA) is 32.5 Å². The molecule has 1 fully saturated rings. The third-order valence-corrected chi connectivity index (χ3v) is 1.91. The lowest BCUT2D eigenvalue weighted by Gasteiger charge is -2.31. The van der Waals surface area contributed by atoms with E-state index in [1.165, 1.54) is 0 Å². The van der Waals surface area contributed by atoms with Crippen LogP contribution in [0.1, 0.15) is 0 Å². The Bertz CT molecular complexity index is 86.9. The van der Waals surface area contributed by atoms with E-state index in [0.29, 0.717) is 0 Å². The summed E-state index contributed by atoms with van der Waals surface area (Å²) in [7, 11) is 3.87. The molecule has 0 saturated carbocycles. The molecule has 0 aromatic carbocycles. The molecule has 1 saturated heterocycles. The standard InChI is InChI=1S/C7H16N3/c1-9-4-6-10(3-2-8)7-5-9/h1-8H2. The molecule has 0 aliphatic carbocycles. The largest absolute Gasteiger partial charge is 0.329 e. The fourth-order valence-corrected chi connectivity index (χ4v) is 1.20. The van der Waals surface area contributed by atoms with Crippen molar-refractivity contribution in [2.45, 2.75) is 0 Å². The molecule has 59 valence electrons. The molecule has 1 rings (SSSR count). The van der Waals surface area contributed by atoms with E-state index in [2.05, 4.69) is 16.8 Å². The highest BCUT2D eigenvalue weighted by Gasteiger charge is 2.11. The van der Waals surface area contributed by atoms with Gasteiger partial charge in [0.05, 0.1) is 0 Å². The monoisotopic (exact) mass is 142 g/mol. The quantitative estimate of drug-likeness (QED) is 0.556. The fraction of sp³-hybridized carbons (Fsp3) is 0.857. The zero-order valence-corrected chi connectivity index (χ0v) is 6.42. The summed E-state index contributed by atoms with van der Waals surface area (Å²) in [4.78, 5) is 4.48. The summed E-state index contributed by atoms with van der Waals surface area (Å²) in [5.41, 5.74) is 5.42. The van der Waals surface area contributed by atoms with E-state index in [1.807, 2.05) is 0 Å². The smallest absolute Gasteiger partial charge is 0.0110 e. The maximum Gasteiger partial charge on any atom is 0.0110 e. The van der Waals surface area contributed by atoms with Gasteiger partial charge >= 0.3 is 0 Å². The molecule has 1 heterocycles. The summed E-state index contributed by atoms with van der Waals surface area (Å²) in [6, 6.07) is 0. The molecule has 3 nitrogen and oxygen atoms in total. The molecule has 0 unspecified atom stereocenters. The second-order valence-electron chi connectivity index (χ2n) is 2.75. The van der Waals surface area contributed by atoms with Crippen molar-refractivity contribution >= 4 is 0 Å². The SMILES string of the molecule is [CH2]N1CCN(CCN)CC1. The minimum absolute atomic E-state index is 0.775. The third kappa shape index (κ3) is 2.25. The van der Waals surface area contributed by atoms with Crippen LogP contribution in [-0.4, -0.2) is 49.1 Å². The summed E-state index contributed by atoms with van der Waals surface area (Å²) in [6.45, 7) is 6.23. The van der Waals surface area contributed by atoms with Gasteiger partial charge in [-0.05, 0) is 0 Å². The Balaban J connectivity index is 2.13. The minimum Gasteiger partial charge on any atom is -0.329 e. The third-order valence-electron chi connectivity index (χ3n) is 1.91. The van der Waals surface area contributed by atoms with E-state index >= 15 is 0 Å². The molecule has 0 amide bonds. The van der Waals surface area contributed by atoms with Gasteiger partial charge in [-0.2, -0.15) is 0 Å². The summed E-state index contributed by atoms with van der Waals surface area (Å²) in [5, 5.41) is 0. The maximum atomic E-state index is 5.42. The molecule has 0 atom stereocenters. The van der Waals surface area contributed by atoms with Crippen LogP contribution in [0.4, 0.5) is 0 Å². The highest BCUT2D eigenvalue weighted by atomic mass is 15.2. The summed E-state index contributed by atoms with van der Waals surface area (Å²) in [5.74, 6) is 0. The predicted octanol–water partition coefficient (Wildman–Crippen LogP) is -0.646. The molecule has 0 bridgehead atoms. The zero-order chi connectivity index (χ0) is 7.40. The number of nitrogens with zero attached hydrogens (tertiary/aromatic N) is 2. The zero-order valence-electron chi connectivity index (χ0n) is 6.42. The molecule has 1 aliphatic heterocycles. The second kappa shape index (κ2) is 3.91. The predicted molar refractivity (Wildman–Crippen MR) is 42.4 cm³/mol. The molecule has 0 aromatic rings. The Morgan fingerprint density at radius 1 is 1.20 bits per heavy atom. The summed E-state index contributed by atoms with van der Waals surface area (Å²) in [6.07, 6.45) is 0. The van der Waals surface area contributed by atoms with Crippen LogP contribution in [-0.2, 0) is 0 Å². The lowest BCUT2D eigenvalue weighted by molar-refractivity contribution is 0.170. The van der Waals surface area contributed by atoms with Gasteiger partial charge in [0.25, 0.3) is 0 Å². The fourth-order valence-electron chi connectivity index (χ4n) is 1.20. The van der Waals surface area contributed by atoms with Gasteiger partial charge in [-0.25, -0.2) is 0 Å². The van der Waals surface area contributed by atoms with E-state index in [9.17, 15) is 0 Å². The molecule has 0 aromatic heterocycles. The van der Waals surface area contributed by atoms with Crippen LogP contribution in [0.3, 0.4) is 0 Å². The first-order chi connectivity index (χ1) is 4.83. The summed E-state index contributed by atoms with van der Waals surface area (Å²) >= 11 is 0. The van der Waals surface area contributed by atoms with Crippen molar-refractivity contribution in [3.05, 3.63) is 7.05 Å². The van der Waals surface area contributed by atoms with Crippen LogP contribution in [0.5, 0.6) is 0 Å². The van der Waals surface area contributed by atoms with Crippen molar-refractivity contribution in [1.82, 2.24) is 9.80 Å². The van der Waals surface area contributed by atoms with E-state index < -0.39 is 0 Å². The first kappa shape index (κ1) is 7.98. The van der Waals surface area contributed by atoms with E-state index in [1.54, 1.807) is 0 Å². The van der Waals surface area contributed by atoms with Gasteiger partial charge in [0, 0.05) is 46.3 Å². The van der Waals surface area contributed by atoms with Gasteiger partial charge < -0.3 is 5.73 Å². The highest BCUT2D eigenvalue weighted by molar-refractivity contribution is 4.70. The normalized spacial score (nSPS) is 23.4. The van der Waals surface area contributed by atoms with Crippen molar-refractivity contribution in [1.29, 1.82) is 0 Å². The van der Waals surface area contributed by atoms with Gasteiger partial charge in [-0.15, -0.1) is 0 Å². The van der Waals surface area contributed by atoms with Crippen molar-refractivity contribution in [3.8, 4) is 0 Å². The van der Waals surface area contributed by atoms with Gasteiger partial charge in [0.1, 0.15) is 0 Å². The number of hydrogen-bond donors (Lipinski definition) is 1. The van der Waals surface area contributed by atoms with Gasteiger partial charge in [0.15, 0.2) is 0 Å². The van der Waals surface area contributed by atoms with E-state index in [-0.39, 0.29) is 0 Å². The molecule has 0 spiro atoms. The number of rotatable bonds is 2. The molecule has 1 aliphatic rings. The van der Waals surface area contributed by atoms with Crippen LogP contribution in [0.25, 0.3) is 0 Å². The second-order valence-corrected chi connectivity index (χ2v) is 2.75. The minimum atomic E-state index is 0.775. The Labute approximate surface area is 62.8 Å². The van der Waals surface area contributed by atoms with Crippen molar-refractivity contribution in [2.24, 2.45) is 5.73 Å². The molecule has 10 heavy (non-hydrogen) atoms. The molecule has 1 radical (unpaired) electrons. The van der Waals surface area contributed by atoms with Crippen molar-refractivity contribution in [3.63, 3.8) is 0 Å². The number of hydrogen-bond acceptors (Lipinski definition) is 3. The Kier molecular flexibility index (Phi) is 3.12. The van der Waals surface area contributed by atoms with Crippen LogP contribution < -0.4 is 5.73 Å². The average Bonchev–Trinajstić information content (AvgIpc) is 1.95. The van der Waals surface area contributed by atoms with Crippen molar-refractivity contribution < 1.29 is 0 Å². The number of piperazine rings is 1. The molecular formula is C7H16N3. The molecule has 3 heteroatoms. The van der Waals surface area contributed by atoms with Gasteiger partial charge in [-0.1, -0.05) is 0 Å². The number of nitrogens with two attached hydrogens (primary N) is 1. The summed E-state index contributed by atoms with van der Waals surface area (Å²) < 4.78 is 0. The lowest BCUT2D eigenvalue weighted by Crippen LogP contribution is -2.45. The molecular weight excluding hydrogens is 126 g/mol. The molecule has 2 N–H and O–H groups in total. The van der Waals surface area contributed by atoms with Gasteiger partial charge in [0.2, 0.25) is 0 Å². The van der Waals surface area contributed by atoms with Crippen LogP contribution in [0, 0.1) is 7.05 Å². The Hall–Kier alpha value is -0.120.